The van der Waals surface area contributed by atoms with E-state index in [1.165, 1.54) is 0 Å². The Morgan fingerprint density at radius 1 is 1.23 bits per heavy atom. The molecule has 154 valence electrons. The molecule has 1 aromatic carbocycles. The van der Waals surface area contributed by atoms with E-state index in [9.17, 15) is 4.79 Å². The van der Waals surface area contributed by atoms with Crippen LogP contribution in [0.4, 0.5) is 0 Å². The van der Waals surface area contributed by atoms with E-state index >= 15 is 0 Å². The standard InChI is InChI=1S/C23H24N4O3/c1-3-30-23-20(14(2)6-9-24-23)15-4-5-17-19(12-15)26-22(28)18-13-25-27(21(17)18)16-7-10-29-11-8-16/h4-6,9,12-13,16H,3,7-8,10-11H2,1-2H3,(H,26,28). The summed E-state index contributed by atoms with van der Waals surface area (Å²) in [7, 11) is 0. The fourth-order valence-electron chi connectivity index (χ4n) is 4.33. The van der Waals surface area contributed by atoms with Crippen LogP contribution in [-0.2, 0) is 4.74 Å². The van der Waals surface area contributed by atoms with Crippen LogP contribution in [0.2, 0.25) is 0 Å². The molecule has 1 saturated heterocycles. The molecule has 0 atom stereocenters. The van der Waals surface area contributed by atoms with Crippen LogP contribution in [0.3, 0.4) is 0 Å². The summed E-state index contributed by atoms with van der Waals surface area (Å²) in [5.74, 6) is 0.604. The summed E-state index contributed by atoms with van der Waals surface area (Å²) in [4.78, 5) is 20.2. The van der Waals surface area contributed by atoms with E-state index in [1.807, 2.05) is 30.7 Å². The highest BCUT2D eigenvalue weighted by atomic mass is 16.5. The number of nitrogens with one attached hydrogen (secondary N) is 1. The van der Waals surface area contributed by atoms with Crippen molar-refractivity contribution in [3.8, 4) is 17.0 Å². The molecule has 0 aliphatic carbocycles. The largest absolute Gasteiger partial charge is 0.478 e. The van der Waals surface area contributed by atoms with E-state index in [1.54, 1.807) is 12.4 Å². The fraction of sp³-hybridized carbons (Fsp3) is 0.348. The molecule has 0 saturated carbocycles. The Morgan fingerprint density at radius 3 is 2.87 bits per heavy atom. The van der Waals surface area contributed by atoms with Crippen LogP contribution in [0.5, 0.6) is 5.88 Å². The normalized spacial score (nSPS) is 15.1. The Morgan fingerprint density at radius 2 is 2.07 bits per heavy atom. The van der Waals surface area contributed by atoms with E-state index in [4.69, 9.17) is 9.47 Å². The van der Waals surface area contributed by atoms with E-state index < -0.39 is 0 Å². The van der Waals surface area contributed by atoms with E-state index in [2.05, 4.69) is 27.2 Å². The number of aromatic amines is 1. The van der Waals surface area contributed by atoms with Gasteiger partial charge in [-0.1, -0.05) is 12.1 Å². The lowest BCUT2D eigenvalue weighted by molar-refractivity contribution is 0.0675. The molecular weight excluding hydrogens is 380 g/mol. The molecule has 30 heavy (non-hydrogen) atoms. The summed E-state index contributed by atoms with van der Waals surface area (Å²) < 4.78 is 13.3. The quantitative estimate of drug-likeness (QED) is 0.556. The molecule has 4 aromatic rings. The summed E-state index contributed by atoms with van der Waals surface area (Å²) >= 11 is 0. The lowest BCUT2D eigenvalue weighted by Crippen LogP contribution is -2.20. The van der Waals surface area contributed by atoms with Gasteiger partial charge in [0.25, 0.3) is 5.56 Å². The van der Waals surface area contributed by atoms with E-state index in [0.717, 1.165) is 59.2 Å². The van der Waals surface area contributed by atoms with Crippen LogP contribution in [-0.4, -0.2) is 39.6 Å². The molecule has 1 aliphatic rings. The summed E-state index contributed by atoms with van der Waals surface area (Å²) in [5.41, 5.74) is 4.53. The first-order valence-electron chi connectivity index (χ1n) is 10.4. The van der Waals surface area contributed by atoms with Gasteiger partial charge in [-0.05, 0) is 49.9 Å². The number of aryl methyl sites for hydroxylation is 1. The summed E-state index contributed by atoms with van der Waals surface area (Å²) in [6.07, 6.45) is 5.23. The third-order valence-electron chi connectivity index (χ3n) is 5.79. The van der Waals surface area contributed by atoms with Crippen molar-refractivity contribution < 1.29 is 9.47 Å². The number of pyridine rings is 2. The highest BCUT2D eigenvalue weighted by Gasteiger charge is 2.21. The van der Waals surface area contributed by atoms with Gasteiger partial charge in [0.05, 0.1) is 35.3 Å². The number of nitrogens with zero attached hydrogens (tertiary/aromatic N) is 3. The minimum Gasteiger partial charge on any atom is -0.478 e. The zero-order valence-electron chi connectivity index (χ0n) is 17.1. The maximum Gasteiger partial charge on any atom is 0.259 e. The minimum absolute atomic E-state index is 0.124. The van der Waals surface area contributed by atoms with Gasteiger partial charge in [0.1, 0.15) is 0 Å². The second-order valence-electron chi connectivity index (χ2n) is 7.65. The number of fused-ring (bicyclic) bond motifs is 3. The number of ether oxygens (including phenoxy) is 2. The topological polar surface area (TPSA) is 82.0 Å². The van der Waals surface area contributed by atoms with Crippen LogP contribution in [0.25, 0.3) is 32.9 Å². The van der Waals surface area contributed by atoms with Crippen molar-refractivity contribution in [2.45, 2.75) is 32.7 Å². The first-order chi connectivity index (χ1) is 14.7. The van der Waals surface area contributed by atoms with Gasteiger partial charge in [-0.25, -0.2) is 4.98 Å². The van der Waals surface area contributed by atoms with Crippen LogP contribution in [0.15, 0.2) is 41.5 Å². The maximum absolute atomic E-state index is 12.8. The number of rotatable bonds is 4. The summed E-state index contributed by atoms with van der Waals surface area (Å²) in [6, 6.07) is 8.33. The zero-order valence-corrected chi connectivity index (χ0v) is 17.1. The molecule has 1 N–H and O–H groups in total. The molecule has 4 heterocycles. The predicted octanol–water partition coefficient (Wildman–Crippen LogP) is 4.00. The molecule has 5 rings (SSSR count). The average molecular weight is 404 g/mol. The smallest absolute Gasteiger partial charge is 0.259 e. The van der Waals surface area contributed by atoms with Gasteiger partial charge in [0.2, 0.25) is 5.88 Å². The van der Waals surface area contributed by atoms with Gasteiger partial charge in [-0.15, -0.1) is 0 Å². The number of hydrogen-bond donors (Lipinski definition) is 1. The van der Waals surface area contributed by atoms with Gasteiger partial charge < -0.3 is 14.5 Å². The van der Waals surface area contributed by atoms with Gasteiger partial charge >= 0.3 is 0 Å². The first-order valence-corrected chi connectivity index (χ1v) is 10.4. The van der Waals surface area contributed by atoms with Crippen molar-refractivity contribution in [3.05, 3.63) is 52.6 Å². The fourth-order valence-corrected chi connectivity index (χ4v) is 4.33. The molecule has 0 unspecified atom stereocenters. The minimum atomic E-state index is -0.124. The molecule has 3 aromatic heterocycles. The lowest BCUT2D eigenvalue weighted by Gasteiger charge is -2.23. The van der Waals surface area contributed by atoms with Crippen LogP contribution in [0.1, 0.15) is 31.4 Å². The highest BCUT2D eigenvalue weighted by molar-refractivity contribution is 6.04. The second kappa shape index (κ2) is 7.57. The van der Waals surface area contributed by atoms with Gasteiger partial charge in [0.15, 0.2) is 0 Å². The highest BCUT2D eigenvalue weighted by Crippen LogP contribution is 2.35. The number of benzene rings is 1. The van der Waals surface area contributed by atoms with Crippen molar-refractivity contribution >= 4 is 21.8 Å². The zero-order chi connectivity index (χ0) is 20.7. The van der Waals surface area contributed by atoms with Gasteiger partial charge in [-0.3, -0.25) is 9.48 Å². The molecule has 0 spiro atoms. The van der Waals surface area contributed by atoms with Crippen molar-refractivity contribution in [2.24, 2.45) is 0 Å². The maximum atomic E-state index is 12.8. The molecular formula is C23H24N4O3. The molecule has 7 nitrogen and oxygen atoms in total. The van der Waals surface area contributed by atoms with Crippen LogP contribution >= 0.6 is 0 Å². The Labute approximate surface area is 173 Å². The monoisotopic (exact) mass is 404 g/mol. The van der Waals surface area contributed by atoms with Crippen molar-refractivity contribution in [2.75, 3.05) is 19.8 Å². The Hall–Kier alpha value is -3.19. The summed E-state index contributed by atoms with van der Waals surface area (Å²) in [6.45, 7) is 5.96. The molecule has 0 amide bonds. The Bertz CT molecular complexity index is 1290. The van der Waals surface area contributed by atoms with Gasteiger partial charge in [-0.2, -0.15) is 5.10 Å². The predicted molar refractivity (Wildman–Crippen MR) is 116 cm³/mol. The lowest BCUT2D eigenvalue weighted by atomic mass is 10.00. The van der Waals surface area contributed by atoms with Crippen LogP contribution in [0, 0.1) is 6.92 Å². The molecule has 7 heteroatoms. The first kappa shape index (κ1) is 18.8. The number of aromatic nitrogens is 4. The second-order valence-corrected chi connectivity index (χ2v) is 7.65. The van der Waals surface area contributed by atoms with Crippen molar-refractivity contribution in [3.63, 3.8) is 0 Å². The average Bonchev–Trinajstić information content (AvgIpc) is 3.21. The molecule has 0 radical (unpaired) electrons. The Kier molecular flexibility index (Phi) is 4.75. The van der Waals surface area contributed by atoms with E-state index in [-0.39, 0.29) is 11.6 Å². The third kappa shape index (κ3) is 3.06. The third-order valence-corrected chi connectivity index (χ3v) is 5.79. The molecule has 1 aliphatic heterocycles. The van der Waals surface area contributed by atoms with Gasteiger partial charge in [0, 0.05) is 30.4 Å². The number of H-pyrrole nitrogens is 1. The molecule has 0 bridgehead atoms. The molecule has 1 fully saturated rings. The Balaban J connectivity index is 1.72. The van der Waals surface area contributed by atoms with E-state index in [0.29, 0.717) is 17.9 Å². The summed E-state index contributed by atoms with van der Waals surface area (Å²) in [5, 5.41) is 6.18. The van der Waals surface area contributed by atoms with Crippen molar-refractivity contribution in [1.82, 2.24) is 19.7 Å². The SMILES string of the molecule is CCOc1nccc(C)c1-c1ccc2c(c1)[nH]c(=O)c1cnn(C3CCOCC3)c12. The number of hydrogen-bond acceptors (Lipinski definition) is 5. The van der Waals surface area contributed by atoms with Crippen molar-refractivity contribution in [1.29, 1.82) is 0 Å². The van der Waals surface area contributed by atoms with Crippen LogP contribution < -0.4 is 10.3 Å².